The van der Waals surface area contributed by atoms with Crippen LogP contribution in [-0.4, -0.2) is 31.3 Å². The zero-order valence-corrected chi connectivity index (χ0v) is 13.4. The topological polar surface area (TPSA) is 18.5 Å². The Kier molecular flexibility index (Phi) is 5.13. The van der Waals surface area contributed by atoms with E-state index in [0.717, 1.165) is 38.0 Å². The zero-order valence-electron chi connectivity index (χ0n) is 11.8. The average molecular weight is 319 g/mol. The Morgan fingerprint density at radius 1 is 1.11 bits per heavy atom. The average Bonchev–Trinajstić information content (AvgIpc) is 2.39. The fourth-order valence-electron chi connectivity index (χ4n) is 2.96. The number of halogens is 1. The Morgan fingerprint density at radius 2 is 1.72 bits per heavy atom. The number of ether oxygens (including phenoxy) is 2. The van der Waals surface area contributed by atoms with E-state index >= 15 is 0 Å². The van der Waals surface area contributed by atoms with Crippen LogP contribution >= 0.6 is 15.9 Å². The van der Waals surface area contributed by atoms with Crippen LogP contribution in [0.1, 0.15) is 52.4 Å². The molecule has 0 aromatic rings. The molecule has 2 aliphatic rings. The lowest BCUT2D eigenvalue weighted by molar-refractivity contribution is -0.0679. The van der Waals surface area contributed by atoms with Gasteiger partial charge in [0.2, 0.25) is 0 Å². The maximum absolute atomic E-state index is 6.22. The first kappa shape index (κ1) is 14.8. The fraction of sp³-hybridized carbons (Fsp3) is 1.00. The highest BCUT2D eigenvalue weighted by atomic mass is 79.9. The lowest BCUT2D eigenvalue weighted by atomic mass is 9.76. The minimum absolute atomic E-state index is 0.325. The molecule has 0 atom stereocenters. The molecule has 0 bridgehead atoms. The standard InChI is InChI=1S/C15H27BrO2/c1-14(2)5-3-13(4-6-14)18-12-15(11-16)7-9-17-10-8-15/h13H,3-12H2,1-2H3. The van der Waals surface area contributed by atoms with Crippen LogP contribution in [0.15, 0.2) is 0 Å². The lowest BCUT2D eigenvalue weighted by Gasteiger charge is -2.39. The molecule has 3 heteroatoms. The molecule has 0 aromatic carbocycles. The van der Waals surface area contributed by atoms with E-state index in [9.17, 15) is 0 Å². The maximum Gasteiger partial charge on any atom is 0.0575 e. The van der Waals surface area contributed by atoms with Crippen molar-refractivity contribution < 1.29 is 9.47 Å². The molecule has 0 N–H and O–H groups in total. The van der Waals surface area contributed by atoms with Gasteiger partial charge < -0.3 is 9.47 Å². The second-order valence-electron chi connectivity index (χ2n) is 6.92. The van der Waals surface area contributed by atoms with Gasteiger partial charge in [-0.1, -0.05) is 29.8 Å². The summed E-state index contributed by atoms with van der Waals surface area (Å²) in [5.74, 6) is 0. The van der Waals surface area contributed by atoms with E-state index in [1.807, 2.05) is 0 Å². The van der Waals surface area contributed by atoms with Gasteiger partial charge in [-0.05, 0) is 43.9 Å². The van der Waals surface area contributed by atoms with Crippen molar-refractivity contribution in [3.05, 3.63) is 0 Å². The van der Waals surface area contributed by atoms with Crippen molar-refractivity contribution in [2.75, 3.05) is 25.2 Å². The lowest BCUT2D eigenvalue weighted by Crippen LogP contribution is -2.38. The van der Waals surface area contributed by atoms with E-state index in [0.29, 0.717) is 16.9 Å². The van der Waals surface area contributed by atoms with Crippen LogP contribution in [0.25, 0.3) is 0 Å². The quantitative estimate of drug-likeness (QED) is 0.724. The minimum atomic E-state index is 0.325. The molecule has 0 unspecified atom stereocenters. The van der Waals surface area contributed by atoms with Gasteiger partial charge in [0.05, 0.1) is 12.7 Å². The Morgan fingerprint density at radius 3 is 2.28 bits per heavy atom. The summed E-state index contributed by atoms with van der Waals surface area (Å²) in [6.45, 7) is 7.45. The largest absolute Gasteiger partial charge is 0.381 e. The van der Waals surface area contributed by atoms with E-state index in [1.165, 1.54) is 25.7 Å². The highest BCUT2D eigenvalue weighted by Gasteiger charge is 2.34. The normalized spacial score (nSPS) is 28.2. The van der Waals surface area contributed by atoms with Gasteiger partial charge in [-0.3, -0.25) is 0 Å². The van der Waals surface area contributed by atoms with Crippen molar-refractivity contribution >= 4 is 15.9 Å². The molecular weight excluding hydrogens is 292 g/mol. The van der Waals surface area contributed by atoms with Gasteiger partial charge in [0.1, 0.15) is 0 Å². The SMILES string of the molecule is CC1(C)CCC(OCC2(CBr)CCOCC2)CC1. The maximum atomic E-state index is 6.22. The number of alkyl halides is 1. The Bertz CT molecular complexity index is 249. The van der Waals surface area contributed by atoms with Gasteiger partial charge in [0, 0.05) is 24.0 Å². The van der Waals surface area contributed by atoms with Crippen LogP contribution in [-0.2, 0) is 9.47 Å². The molecule has 0 aromatic heterocycles. The first-order chi connectivity index (χ1) is 8.55. The summed E-state index contributed by atoms with van der Waals surface area (Å²) in [6.07, 6.45) is 7.86. The van der Waals surface area contributed by atoms with Crippen molar-refractivity contribution in [3.8, 4) is 0 Å². The summed E-state index contributed by atoms with van der Waals surface area (Å²) in [7, 11) is 0. The predicted octanol–water partition coefficient (Wildman–Crippen LogP) is 4.16. The van der Waals surface area contributed by atoms with Crippen molar-refractivity contribution in [3.63, 3.8) is 0 Å². The fourth-order valence-corrected chi connectivity index (χ4v) is 3.68. The Labute approximate surface area is 120 Å². The van der Waals surface area contributed by atoms with Gasteiger partial charge in [-0.15, -0.1) is 0 Å². The first-order valence-electron chi connectivity index (χ1n) is 7.31. The van der Waals surface area contributed by atoms with Crippen molar-refractivity contribution in [1.82, 2.24) is 0 Å². The van der Waals surface area contributed by atoms with E-state index < -0.39 is 0 Å². The number of rotatable bonds is 4. The summed E-state index contributed by atoms with van der Waals surface area (Å²) >= 11 is 3.68. The molecule has 1 saturated heterocycles. The predicted molar refractivity (Wildman–Crippen MR) is 78.3 cm³/mol. The molecule has 2 fully saturated rings. The third-order valence-corrected chi connectivity index (χ3v) is 5.94. The monoisotopic (exact) mass is 318 g/mol. The van der Waals surface area contributed by atoms with Crippen molar-refractivity contribution in [1.29, 1.82) is 0 Å². The molecule has 2 rings (SSSR count). The molecule has 106 valence electrons. The van der Waals surface area contributed by atoms with Crippen LogP contribution in [0.5, 0.6) is 0 Å². The zero-order chi connectivity index (χ0) is 13.1. The van der Waals surface area contributed by atoms with Gasteiger partial charge >= 0.3 is 0 Å². The molecule has 0 spiro atoms. The van der Waals surface area contributed by atoms with E-state index in [2.05, 4.69) is 29.8 Å². The van der Waals surface area contributed by atoms with Crippen molar-refractivity contribution in [2.24, 2.45) is 10.8 Å². The molecule has 0 amide bonds. The molecule has 1 aliphatic carbocycles. The van der Waals surface area contributed by atoms with E-state index in [-0.39, 0.29) is 0 Å². The van der Waals surface area contributed by atoms with E-state index in [4.69, 9.17) is 9.47 Å². The Balaban J connectivity index is 1.76. The van der Waals surface area contributed by atoms with Crippen LogP contribution in [0.4, 0.5) is 0 Å². The molecular formula is C15H27BrO2. The van der Waals surface area contributed by atoms with Gasteiger partial charge in [0.15, 0.2) is 0 Å². The van der Waals surface area contributed by atoms with Crippen LogP contribution in [0, 0.1) is 10.8 Å². The summed E-state index contributed by atoms with van der Waals surface area (Å²) < 4.78 is 11.7. The van der Waals surface area contributed by atoms with E-state index in [1.54, 1.807) is 0 Å². The molecule has 1 heterocycles. The number of hydrogen-bond acceptors (Lipinski definition) is 2. The summed E-state index contributed by atoms with van der Waals surface area (Å²) in [5.41, 5.74) is 0.858. The highest BCUT2D eigenvalue weighted by Crippen LogP contribution is 2.38. The summed E-state index contributed by atoms with van der Waals surface area (Å²) in [6, 6.07) is 0. The van der Waals surface area contributed by atoms with Crippen LogP contribution < -0.4 is 0 Å². The summed E-state index contributed by atoms with van der Waals surface area (Å²) in [4.78, 5) is 0. The molecule has 1 aliphatic heterocycles. The van der Waals surface area contributed by atoms with Gasteiger partial charge in [-0.2, -0.15) is 0 Å². The smallest absolute Gasteiger partial charge is 0.0575 e. The van der Waals surface area contributed by atoms with Gasteiger partial charge in [0.25, 0.3) is 0 Å². The van der Waals surface area contributed by atoms with Crippen LogP contribution in [0.2, 0.25) is 0 Å². The highest BCUT2D eigenvalue weighted by molar-refractivity contribution is 9.09. The molecule has 1 saturated carbocycles. The third kappa shape index (κ3) is 3.94. The molecule has 18 heavy (non-hydrogen) atoms. The van der Waals surface area contributed by atoms with Crippen molar-refractivity contribution in [2.45, 2.75) is 58.5 Å². The second kappa shape index (κ2) is 6.23. The van der Waals surface area contributed by atoms with Crippen LogP contribution in [0.3, 0.4) is 0 Å². The molecule has 0 radical (unpaired) electrons. The summed E-state index contributed by atoms with van der Waals surface area (Å²) in [5, 5.41) is 1.04. The number of hydrogen-bond donors (Lipinski definition) is 0. The third-order valence-electron chi connectivity index (χ3n) is 4.75. The molecule has 2 nitrogen and oxygen atoms in total. The first-order valence-corrected chi connectivity index (χ1v) is 8.43. The Hall–Kier alpha value is 0.400. The van der Waals surface area contributed by atoms with Gasteiger partial charge in [-0.25, -0.2) is 0 Å². The minimum Gasteiger partial charge on any atom is -0.381 e. The second-order valence-corrected chi connectivity index (χ2v) is 7.48.